The lowest BCUT2D eigenvalue weighted by molar-refractivity contribution is -0.116. The summed E-state index contributed by atoms with van der Waals surface area (Å²) in [6.07, 6.45) is 9.18. The van der Waals surface area contributed by atoms with Gasteiger partial charge in [-0.05, 0) is 19.9 Å². The largest absolute Gasteiger partial charge is 0.355 e. The predicted octanol–water partition coefficient (Wildman–Crippen LogP) is 1.81. The molecule has 0 aliphatic carbocycles. The number of hydrogen-bond donors (Lipinski definition) is 1. The third kappa shape index (κ3) is 3.76. The van der Waals surface area contributed by atoms with E-state index in [2.05, 4.69) is 5.32 Å². The van der Waals surface area contributed by atoms with Crippen LogP contribution in [0.4, 0.5) is 0 Å². The van der Waals surface area contributed by atoms with E-state index in [-0.39, 0.29) is 5.91 Å². The molecule has 12 heavy (non-hydrogen) atoms. The second-order valence-corrected chi connectivity index (χ2v) is 2.21. The molecule has 0 aromatic rings. The van der Waals surface area contributed by atoms with Gasteiger partial charge in [-0.25, -0.2) is 0 Å². The maximum atomic E-state index is 11.1. The van der Waals surface area contributed by atoms with Crippen LogP contribution in [0, 0.1) is 0 Å². The SMILES string of the molecule is C/C=C/C=C\C(=C/C)C(=O)NC. The van der Waals surface area contributed by atoms with Gasteiger partial charge in [0.15, 0.2) is 0 Å². The topological polar surface area (TPSA) is 29.1 Å². The van der Waals surface area contributed by atoms with Gasteiger partial charge in [-0.15, -0.1) is 0 Å². The summed E-state index contributed by atoms with van der Waals surface area (Å²) >= 11 is 0. The molecule has 66 valence electrons. The van der Waals surface area contributed by atoms with Crippen LogP contribution < -0.4 is 5.32 Å². The highest BCUT2D eigenvalue weighted by Crippen LogP contribution is 1.96. The lowest BCUT2D eigenvalue weighted by Crippen LogP contribution is -2.18. The molecule has 0 bridgehead atoms. The van der Waals surface area contributed by atoms with E-state index in [4.69, 9.17) is 0 Å². The zero-order valence-corrected chi connectivity index (χ0v) is 7.79. The molecule has 0 saturated heterocycles. The Hall–Kier alpha value is -1.31. The molecule has 2 nitrogen and oxygen atoms in total. The van der Waals surface area contributed by atoms with Gasteiger partial charge in [0.1, 0.15) is 0 Å². The Kier molecular flexibility index (Phi) is 5.70. The van der Waals surface area contributed by atoms with Gasteiger partial charge in [-0.2, -0.15) is 0 Å². The zero-order chi connectivity index (χ0) is 9.40. The number of carbonyl (C=O) groups is 1. The number of amides is 1. The highest BCUT2D eigenvalue weighted by Gasteiger charge is 1.99. The summed E-state index contributed by atoms with van der Waals surface area (Å²) in [6, 6.07) is 0. The van der Waals surface area contributed by atoms with Crippen molar-refractivity contribution in [2.75, 3.05) is 7.05 Å². The fraction of sp³-hybridized carbons (Fsp3) is 0.300. The van der Waals surface area contributed by atoms with Gasteiger partial charge in [0.2, 0.25) is 0 Å². The number of allylic oxidation sites excluding steroid dienone is 4. The van der Waals surface area contributed by atoms with Crippen molar-refractivity contribution in [2.45, 2.75) is 13.8 Å². The molecule has 0 aromatic heterocycles. The first-order chi connectivity index (χ1) is 5.76. The second kappa shape index (κ2) is 6.40. The highest BCUT2D eigenvalue weighted by molar-refractivity contribution is 5.95. The van der Waals surface area contributed by atoms with Crippen molar-refractivity contribution < 1.29 is 4.79 Å². The molecule has 0 fully saturated rings. The fourth-order valence-electron chi connectivity index (χ4n) is 0.718. The molecule has 0 unspecified atom stereocenters. The minimum Gasteiger partial charge on any atom is -0.355 e. The number of nitrogens with one attached hydrogen (secondary N) is 1. The maximum Gasteiger partial charge on any atom is 0.250 e. The molecule has 0 spiro atoms. The Bertz CT molecular complexity index is 224. The van der Waals surface area contributed by atoms with Crippen LogP contribution in [0.3, 0.4) is 0 Å². The minimum atomic E-state index is -0.0572. The summed E-state index contributed by atoms with van der Waals surface area (Å²) in [5.41, 5.74) is 0.676. The summed E-state index contributed by atoms with van der Waals surface area (Å²) in [5, 5.41) is 2.56. The number of carbonyl (C=O) groups excluding carboxylic acids is 1. The summed E-state index contributed by atoms with van der Waals surface area (Å²) in [5.74, 6) is -0.0572. The standard InChI is InChI=1S/C10H15NO/c1-4-6-7-8-9(5-2)10(12)11-3/h4-8H,1-3H3,(H,11,12)/b6-4+,8-7-,9-5+. The Labute approximate surface area is 73.7 Å². The maximum absolute atomic E-state index is 11.1. The van der Waals surface area contributed by atoms with Gasteiger partial charge in [-0.3, -0.25) is 4.79 Å². The van der Waals surface area contributed by atoms with Crippen molar-refractivity contribution in [3.63, 3.8) is 0 Å². The van der Waals surface area contributed by atoms with Gasteiger partial charge in [0, 0.05) is 12.6 Å². The van der Waals surface area contributed by atoms with Crippen LogP contribution in [-0.2, 0) is 4.79 Å². The second-order valence-electron chi connectivity index (χ2n) is 2.21. The van der Waals surface area contributed by atoms with Gasteiger partial charge in [-0.1, -0.05) is 24.3 Å². The highest BCUT2D eigenvalue weighted by atomic mass is 16.1. The van der Waals surface area contributed by atoms with Gasteiger partial charge in [0.05, 0.1) is 0 Å². The van der Waals surface area contributed by atoms with Gasteiger partial charge >= 0.3 is 0 Å². The molecular weight excluding hydrogens is 150 g/mol. The van der Waals surface area contributed by atoms with Gasteiger partial charge < -0.3 is 5.32 Å². The Morgan fingerprint density at radius 3 is 2.33 bits per heavy atom. The van der Waals surface area contributed by atoms with E-state index in [0.29, 0.717) is 5.57 Å². The van der Waals surface area contributed by atoms with Crippen LogP contribution in [0.1, 0.15) is 13.8 Å². The molecule has 2 heteroatoms. The first kappa shape index (κ1) is 10.7. The smallest absolute Gasteiger partial charge is 0.250 e. The number of rotatable bonds is 3. The summed E-state index contributed by atoms with van der Waals surface area (Å²) in [7, 11) is 1.62. The van der Waals surface area contributed by atoms with Crippen LogP contribution in [-0.4, -0.2) is 13.0 Å². The van der Waals surface area contributed by atoms with Crippen LogP contribution >= 0.6 is 0 Å². The van der Waals surface area contributed by atoms with Crippen molar-refractivity contribution in [1.29, 1.82) is 0 Å². The molecule has 0 heterocycles. The summed E-state index contributed by atoms with van der Waals surface area (Å²) < 4.78 is 0. The van der Waals surface area contributed by atoms with Crippen LogP contribution in [0.2, 0.25) is 0 Å². The normalized spacial score (nSPS) is 12.8. The summed E-state index contributed by atoms with van der Waals surface area (Å²) in [4.78, 5) is 11.1. The van der Waals surface area contributed by atoms with E-state index in [0.717, 1.165) is 0 Å². The van der Waals surface area contributed by atoms with Gasteiger partial charge in [0.25, 0.3) is 5.91 Å². The Morgan fingerprint density at radius 1 is 1.25 bits per heavy atom. The van der Waals surface area contributed by atoms with Crippen molar-refractivity contribution in [2.24, 2.45) is 0 Å². The fourth-order valence-corrected chi connectivity index (χ4v) is 0.718. The van der Waals surface area contributed by atoms with Crippen LogP contribution in [0.5, 0.6) is 0 Å². The van der Waals surface area contributed by atoms with E-state index in [1.165, 1.54) is 0 Å². The Morgan fingerprint density at radius 2 is 1.92 bits per heavy atom. The monoisotopic (exact) mass is 165 g/mol. The summed E-state index contributed by atoms with van der Waals surface area (Å²) in [6.45, 7) is 3.77. The molecule has 0 aliphatic heterocycles. The van der Waals surface area contributed by atoms with E-state index < -0.39 is 0 Å². The van der Waals surface area contributed by atoms with E-state index in [1.54, 1.807) is 19.2 Å². The zero-order valence-electron chi connectivity index (χ0n) is 7.79. The first-order valence-corrected chi connectivity index (χ1v) is 3.94. The van der Waals surface area contributed by atoms with E-state index >= 15 is 0 Å². The molecule has 0 aliphatic rings. The molecule has 0 aromatic carbocycles. The molecule has 1 N–H and O–H groups in total. The third-order valence-corrected chi connectivity index (χ3v) is 1.38. The van der Waals surface area contributed by atoms with Crippen LogP contribution in [0.15, 0.2) is 36.0 Å². The van der Waals surface area contributed by atoms with E-state index in [9.17, 15) is 4.79 Å². The third-order valence-electron chi connectivity index (χ3n) is 1.38. The first-order valence-electron chi connectivity index (χ1n) is 3.94. The molecule has 0 radical (unpaired) electrons. The number of likely N-dealkylation sites (N-methyl/N-ethyl adjacent to an activating group) is 1. The molecule has 0 atom stereocenters. The van der Waals surface area contributed by atoms with Crippen molar-refractivity contribution >= 4 is 5.91 Å². The number of hydrogen-bond acceptors (Lipinski definition) is 1. The lowest BCUT2D eigenvalue weighted by Gasteiger charge is -1.97. The molecule has 0 saturated carbocycles. The Balaban J connectivity index is 4.29. The predicted molar refractivity (Wildman–Crippen MR) is 51.8 cm³/mol. The lowest BCUT2D eigenvalue weighted by atomic mass is 10.2. The van der Waals surface area contributed by atoms with Crippen molar-refractivity contribution in [3.05, 3.63) is 36.0 Å². The van der Waals surface area contributed by atoms with Crippen LogP contribution in [0.25, 0.3) is 0 Å². The molecule has 1 amide bonds. The van der Waals surface area contributed by atoms with E-state index in [1.807, 2.05) is 32.1 Å². The molecule has 0 rings (SSSR count). The average molecular weight is 165 g/mol. The quantitative estimate of drug-likeness (QED) is 0.501. The average Bonchev–Trinajstić information content (AvgIpc) is 2.11. The molecular formula is C10H15NO. The minimum absolute atomic E-state index is 0.0572. The van der Waals surface area contributed by atoms with Crippen molar-refractivity contribution in [3.8, 4) is 0 Å². The van der Waals surface area contributed by atoms with Crippen molar-refractivity contribution in [1.82, 2.24) is 5.32 Å².